The lowest BCUT2D eigenvalue weighted by Crippen LogP contribution is -2.26. The molecule has 2 fully saturated rings. The van der Waals surface area contributed by atoms with Gasteiger partial charge in [-0.25, -0.2) is 9.97 Å². The number of nitrogens with zero attached hydrogens (tertiary/aromatic N) is 4. The first-order chi connectivity index (χ1) is 15.6. The van der Waals surface area contributed by atoms with Crippen LogP contribution in [0.4, 0.5) is 5.82 Å². The van der Waals surface area contributed by atoms with Gasteiger partial charge in [-0.05, 0) is 43.0 Å². The molecule has 3 aromatic rings. The zero-order valence-corrected chi connectivity index (χ0v) is 19.3. The van der Waals surface area contributed by atoms with Crippen LogP contribution in [0.15, 0.2) is 48.1 Å². The van der Waals surface area contributed by atoms with Crippen molar-refractivity contribution < 1.29 is 4.79 Å². The molecule has 1 unspecified atom stereocenters. The highest BCUT2D eigenvalue weighted by molar-refractivity contribution is 8.00. The van der Waals surface area contributed by atoms with Crippen LogP contribution >= 0.6 is 11.8 Å². The predicted octanol–water partition coefficient (Wildman–Crippen LogP) is 4.75. The Morgan fingerprint density at radius 1 is 1.19 bits per heavy atom. The number of nitrogen functional groups attached to an aromatic ring is 1. The number of aromatic nitrogens is 3. The summed E-state index contributed by atoms with van der Waals surface area (Å²) in [5, 5.41) is 1.64. The van der Waals surface area contributed by atoms with Gasteiger partial charge in [0.05, 0.1) is 5.39 Å². The Balaban J connectivity index is 1.56. The molecule has 0 bridgehead atoms. The van der Waals surface area contributed by atoms with E-state index in [0.717, 1.165) is 40.4 Å². The maximum atomic E-state index is 12.2. The third kappa shape index (κ3) is 3.68. The lowest BCUT2D eigenvalue weighted by Gasteiger charge is -2.17. The molecule has 32 heavy (non-hydrogen) atoms. The summed E-state index contributed by atoms with van der Waals surface area (Å²) in [4.78, 5) is 24.2. The average Bonchev–Trinajstić information content (AvgIpc) is 3.54. The molecular weight excluding hydrogens is 418 g/mol. The number of carbonyl (C=O) groups is 1. The fourth-order valence-electron chi connectivity index (χ4n) is 5.28. The number of fused-ring (bicyclic) bond motifs is 1. The van der Waals surface area contributed by atoms with Gasteiger partial charge < -0.3 is 15.2 Å². The molecule has 2 N–H and O–H groups in total. The van der Waals surface area contributed by atoms with E-state index in [1.807, 2.05) is 23.7 Å². The average molecular weight is 448 g/mol. The van der Waals surface area contributed by atoms with Crippen molar-refractivity contribution in [2.75, 3.05) is 18.8 Å². The van der Waals surface area contributed by atoms with Crippen molar-refractivity contribution in [1.82, 2.24) is 19.4 Å². The number of hydrogen-bond acceptors (Lipinski definition) is 5. The monoisotopic (exact) mass is 447 g/mol. The number of hydrogen-bond donors (Lipinski definition) is 1. The number of aryl methyl sites for hydroxylation is 1. The number of likely N-dealkylation sites (tertiary alicyclic amines) is 1. The van der Waals surface area contributed by atoms with Crippen LogP contribution in [0.1, 0.15) is 43.7 Å². The Morgan fingerprint density at radius 2 is 1.94 bits per heavy atom. The molecule has 7 heteroatoms. The standard InChI is InChI=1S/C25H29N5OS/c1-3-20(31)30-13-12-17(14-30)23-21(22-24(26)27-15-28-25(22)29(23)2)16-8-10-19(11-9-16)32-18-6-4-5-7-18/h3,8-11,15,17-18H,1,4-7,12-14H2,2H3,(H2,26,27,28). The van der Waals surface area contributed by atoms with Gasteiger partial charge in [0.2, 0.25) is 5.91 Å². The molecule has 2 aromatic heterocycles. The van der Waals surface area contributed by atoms with E-state index < -0.39 is 0 Å². The zero-order chi connectivity index (χ0) is 22.2. The molecule has 1 aliphatic carbocycles. The van der Waals surface area contributed by atoms with Crippen LogP contribution in [-0.4, -0.2) is 43.7 Å². The molecule has 1 saturated heterocycles. The molecule has 3 heterocycles. The third-order valence-corrected chi connectivity index (χ3v) is 8.20. The van der Waals surface area contributed by atoms with Crippen molar-refractivity contribution in [3.63, 3.8) is 0 Å². The van der Waals surface area contributed by atoms with E-state index in [9.17, 15) is 4.79 Å². The largest absolute Gasteiger partial charge is 0.383 e. The molecule has 5 rings (SSSR count). The van der Waals surface area contributed by atoms with Gasteiger partial charge in [0, 0.05) is 47.5 Å². The van der Waals surface area contributed by atoms with Crippen molar-refractivity contribution in [2.24, 2.45) is 7.05 Å². The predicted molar refractivity (Wildman–Crippen MR) is 131 cm³/mol. The van der Waals surface area contributed by atoms with Crippen molar-refractivity contribution >= 4 is 34.5 Å². The Bertz CT molecular complexity index is 1160. The fourth-order valence-corrected chi connectivity index (χ4v) is 6.52. The molecule has 1 amide bonds. The maximum absolute atomic E-state index is 12.2. The van der Waals surface area contributed by atoms with E-state index >= 15 is 0 Å². The number of carbonyl (C=O) groups excluding carboxylic acids is 1. The maximum Gasteiger partial charge on any atom is 0.245 e. The summed E-state index contributed by atoms with van der Waals surface area (Å²) in [5.41, 5.74) is 10.6. The van der Waals surface area contributed by atoms with Gasteiger partial charge in [-0.15, -0.1) is 11.8 Å². The van der Waals surface area contributed by atoms with Crippen molar-refractivity contribution in [3.8, 4) is 11.1 Å². The summed E-state index contributed by atoms with van der Waals surface area (Å²) in [6.07, 6.45) is 9.15. The molecule has 0 spiro atoms. The Kier molecular flexibility index (Phi) is 5.67. The number of rotatable bonds is 5. The van der Waals surface area contributed by atoms with Crippen LogP contribution in [0.25, 0.3) is 22.2 Å². The topological polar surface area (TPSA) is 77.0 Å². The lowest BCUT2D eigenvalue weighted by atomic mass is 9.94. The number of thioether (sulfide) groups is 1. The minimum Gasteiger partial charge on any atom is -0.383 e. The van der Waals surface area contributed by atoms with Gasteiger partial charge in [0.25, 0.3) is 0 Å². The van der Waals surface area contributed by atoms with Gasteiger partial charge in [0.15, 0.2) is 0 Å². The summed E-state index contributed by atoms with van der Waals surface area (Å²) in [6, 6.07) is 8.85. The summed E-state index contributed by atoms with van der Waals surface area (Å²) in [6.45, 7) is 5.05. The van der Waals surface area contributed by atoms with Crippen LogP contribution in [0, 0.1) is 0 Å². The highest BCUT2D eigenvalue weighted by Crippen LogP contribution is 2.43. The number of amides is 1. The second-order valence-electron chi connectivity index (χ2n) is 8.80. The number of nitrogens with two attached hydrogens (primary N) is 1. The van der Waals surface area contributed by atoms with E-state index in [4.69, 9.17) is 5.73 Å². The van der Waals surface area contributed by atoms with Crippen molar-refractivity contribution in [2.45, 2.75) is 48.2 Å². The Labute approximate surface area is 192 Å². The van der Waals surface area contributed by atoms with E-state index in [1.165, 1.54) is 48.7 Å². The summed E-state index contributed by atoms with van der Waals surface area (Å²) in [5.74, 6) is 0.689. The quantitative estimate of drug-likeness (QED) is 0.571. The molecule has 1 atom stereocenters. The summed E-state index contributed by atoms with van der Waals surface area (Å²) in [7, 11) is 2.04. The molecule has 0 radical (unpaired) electrons. The van der Waals surface area contributed by atoms with Gasteiger partial charge in [-0.3, -0.25) is 4.79 Å². The van der Waals surface area contributed by atoms with E-state index in [2.05, 4.69) is 45.4 Å². The summed E-state index contributed by atoms with van der Waals surface area (Å²) < 4.78 is 2.14. The second-order valence-corrected chi connectivity index (χ2v) is 10.2. The normalized spacial score (nSPS) is 19.2. The molecule has 1 aromatic carbocycles. The van der Waals surface area contributed by atoms with Gasteiger partial charge in [0.1, 0.15) is 17.8 Å². The minimum atomic E-state index is -0.0135. The smallest absolute Gasteiger partial charge is 0.245 e. The zero-order valence-electron chi connectivity index (χ0n) is 18.5. The molecular formula is C25H29N5OS. The fraction of sp³-hybridized carbons (Fsp3) is 0.400. The Morgan fingerprint density at radius 3 is 2.66 bits per heavy atom. The van der Waals surface area contributed by atoms with Gasteiger partial charge in [-0.2, -0.15) is 0 Å². The van der Waals surface area contributed by atoms with E-state index in [0.29, 0.717) is 12.4 Å². The van der Waals surface area contributed by atoms with Crippen LogP contribution < -0.4 is 5.73 Å². The van der Waals surface area contributed by atoms with E-state index in [-0.39, 0.29) is 11.8 Å². The van der Waals surface area contributed by atoms with Crippen molar-refractivity contribution in [1.29, 1.82) is 0 Å². The van der Waals surface area contributed by atoms with Gasteiger partial charge >= 0.3 is 0 Å². The molecule has 1 saturated carbocycles. The SMILES string of the molecule is C=CC(=O)N1CCC(c2c(-c3ccc(SC4CCCC4)cc3)c3c(N)ncnc3n2C)C1. The van der Waals surface area contributed by atoms with Crippen LogP contribution in [0.2, 0.25) is 0 Å². The van der Waals surface area contributed by atoms with Gasteiger partial charge in [-0.1, -0.05) is 31.6 Å². The van der Waals surface area contributed by atoms with Crippen molar-refractivity contribution in [3.05, 3.63) is 48.9 Å². The Hall–Kier alpha value is -2.80. The highest BCUT2D eigenvalue weighted by atomic mass is 32.2. The first-order valence-electron chi connectivity index (χ1n) is 11.3. The second kappa shape index (κ2) is 8.62. The first kappa shape index (κ1) is 21.1. The molecule has 166 valence electrons. The third-order valence-electron chi connectivity index (χ3n) is 6.85. The minimum absolute atomic E-state index is 0.0135. The highest BCUT2D eigenvalue weighted by Gasteiger charge is 2.32. The molecule has 2 aliphatic rings. The van der Waals surface area contributed by atoms with Crippen LogP contribution in [0.5, 0.6) is 0 Å². The van der Waals surface area contributed by atoms with Crippen LogP contribution in [0.3, 0.4) is 0 Å². The summed E-state index contributed by atoms with van der Waals surface area (Å²) >= 11 is 1.99. The molecule has 1 aliphatic heterocycles. The first-order valence-corrected chi connectivity index (χ1v) is 12.2. The number of anilines is 1. The lowest BCUT2D eigenvalue weighted by molar-refractivity contribution is -0.125. The van der Waals surface area contributed by atoms with E-state index in [1.54, 1.807) is 0 Å². The number of benzene rings is 1. The molecule has 6 nitrogen and oxygen atoms in total. The van der Waals surface area contributed by atoms with Crippen LogP contribution in [-0.2, 0) is 11.8 Å².